The van der Waals surface area contributed by atoms with Gasteiger partial charge in [-0.25, -0.2) is 0 Å². The molecule has 0 saturated heterocycles. The van der Waals surface area contributed by atoms with Crippen molar-refractivity contribution < 1.29 is 9.59 Å². The molecule has 1 aliphatic heterocycles. The summed E-state index contributed by atoms with van der Waals surface area (Å²) in [6, 6.07) is 15.2. The smallest absolute Gasteiger partial charge is 0.241 e. The van der Waals surface area contributed by atoms with Crippen molar-refractivity contribution in [2.24, 2.45) is 5.92 Å². The van der Waals surface area contributed by atoms with Gasteiger partial charge in [-0.1, -0.05) is 24.3 Å². The zero-order chi connectivity index (χ0) is 17.2. The van der Waals surface area contributed by atoms with Crippen LogP contribution in [-0.2, 0) is 22.6 Å². The van der Waals surface area contributed by atoms with Crippen molar-refractivity contribution in [3.8, 4) is 0 Å². The predicted molar refractivity (Wildman–Crippen MR) is 97.2 cm³/mol. The van der Waals surface area contributed by atoms with Crippen LogP contribution < -0.4 is 16.0 Å². The van der Waals surface area contributed by atoms with E-state index in [0.717, 1.165) is 24.2 Å². The minimum Gasteiger partial charge on any atom is -0.326 e. The van der Waals surface area contributed by atoms with Crippen LogP contribution in [0.1, 0.15) is 24.0 Å². The molecule has 5 heteroatoms. The summed E-state index contributed by atoms with van der Waals surface area (Å²) in [5, 5.41) is 9.12. The van der Waals surface area contributed by atoms with Gasteiger partial charge in [0.05, 0.1) is 6.04 Å². The van der Waals surface area contributed by atoms with Gasteiger partial charge in [0.2, 0.25) is 11.8 Å². The molecule has 1 atom stereocenters. The summed E-state index contributed by atoms with van der Waals surface area (Å²) in [6.07, 6.45) is 2.66. The van der Waals surface area contributed by atoms with E-state index in [9.17, 15) is 9.59 Å². The molecule has 0 aromatic heterocycles. The Kier molecular flexibility index (Phi) is 4.24. The highest BCUT2D eigenvalue weighted by Gasteiger charge is 2.29. The Morgan fingerprint density at radius 3 is 2.08 bits per heavy atom. The van der Waals surface area contributed by atoms with Crippen LogP contribution in [0, 0.1) is 5.92 Å². The number of carbonyl (C=O) groups is 2. The zero-order valence-electron chi connectivity index (χ0n) is 13.9. The Labute approximate surface area is 146 Å². The average Bonchev–Trinajstić information content (AvgIpc) is 3.48. The van der Waals surface area contributed by atoms with Crippen LogP contribution in [0.3, 0.4) is 0 Å². The van der Waals surface area contributed by atoms with E-state index in [1.807, 2.05) is 36.4 Å². The SMILES string of the molecule is O=C(Nc1ccc(NC(=O)C2Cc3ccccc3CN2)cc1)C1CC1. The first kappa shape index (κ1) is 15.8. The first-order chi connectivity index (χ1) is 12.2. The van der Waals surface area contributed by atoms with E-state index in [1.165, 1.54) is 11.1 Å². The number of carbonyl (C=O) groups excluding carboxylic acids is 2. The fourth-order valence-electron chi connectivity index (χ4n) is 3.10. The van der Waals surface area contributed by atoms with E-state index in [1.54, 1.807) is 0 Å². The van der Waals surface area contributed by atoms with Gasteiger partial charge >= 0.3 is 0 Å². The first-order valence-electron chi connectivity index (χ1n) is 8.71. The van der Waals surface area contributed by atoms with Crippen LogP contribution in [0.25, 0.3) is 0 Å². The average molecular weight is 335 g/mol. The molecule has 0 bridgehead atoms. The highest BCUT2D eigenvalue weighted by Crippen LogP contribution is 2.30. The van der Waals surface area contributed by atoms with Crippen molar-refractivity contribution in [2.75, 3.05) is 10.6 Å². The molecular weight excluding hydrogens is 314 g/mol. The van der Waals surface area contributed by atoms with Crippen LogP contribution in [0.2, 0.25) is 0 Å². The number of anilines is 2. The van der Waals surface area contributed by atoms with Crippen molar-refractivity contribution in [1.82, 2.24) is 5.32 Å². The fourth-order valence-corrected chi connectivity index (χ4v) is 3.10. The van der Waals surface area contributed by atoms with Gasteiger partial charge < -0.3 is 16.0 Å². The molecular formula is C20H21N3O2. The normalized spacial score (nSPS) is 19.0. The Balaban J connectivity index is 1.35. The van der Waals surface area contributed by atoms with Gasteiger partial charge in [0.1, 0.15) is 0 Å². The molecule has 1 heterocycles. The molecule has 1 unspecified atom stereocenters. The number of fused-ring (bicyclic) bond motifs is 1. The fraction of sp³-hybridized carbons (Fsp3) is 0.300. The molecule has 1 aliphatic carbocycles. The Bertz CT molecular complexity index is 797. The Morgan fingerprint density at radius 1 is 0.840 bits per heavy atom. The lowest BCUT2D eigenvalue weighted by Crippen LogP contribution is -2.44. The second-order valence-electron chi connectivity index (χ2n) is 6.74. The van der Waals surface area contributed by atoms with Crippen LogP contribution in [0.4, 0.5) is 11.4 Å². The first-order valence-corrected chi connectivity index (χ1v) is 8.71. The van der Waals surface area contributed by atoms with E-state index in [4.69, 9.17) is 0 Å². The molecule has 4 rings (SSSR count). The van der Waals surface area contributed by atoms with E-state index in [-0.39, 0.29) is 23.8 Å². The highest BCUT2D eigenvalue weighted by atomic mass is 16.2. The second kappa shape index (κ2) is 6.69. The lowest BCUT2D eigenvalue weighted by Gasteiger charge is -2.25. The summed E-state index contributed by atoms with van der Waals surface area (Å²) in [4.78, 5) is 24.2. The summed E-state index contributed by atoms with van der Waals surface area (Å²) < 4.78 is 0. The van der Waals surface area contributed by atoms with Crippen LogP contribution in [-0.4, -0.2) is 17.9 Å². The molecule has 128 valence electrons. The predicted octanol–water partition coefficient (Wildman–Crippen LogP) is 2.69. The van der Waals surface area contributed by atoms with Gasteiger partial charge in [0.25, 0.3) is 0 Å². The van der Waals surface area contributed by atoms with Crippen molar-refractivity contribution in [3.63, 3.8) is 0 Å². The maximum Gasteiger partial charge on any atom is 0.241 e. The lowest BCUT2D eigenvalue weighted by molar-refractivity contribution is -0.118. The lowest BCUT2D eigenvalue weighted by atomic mass is 9.95. The molecule has 25 heavy (non-hydrogen) atoms. The third-order valence-electron chi connectivity index (χ3n) is 4.77. The van der Waals surface area contributed by atoms with E-state index in [0.29, 0.717) is 13.0 Å². The molecule has 2 aromatic carbocycles. The number of benzene rings is 2. The second-order valence-corrected chi connectivity index (χ2v) is 6.74. The molecule has 2 aromatic rings. The molecule has 5 nitrogen and oxygen atoms in total. The number of hydrogen-bond acceptors (Lipinski definition) is 3. The minimum absolute atomic E-state index is 0.0377. The quantitative estimate of drug-likeness (QED) is 0.804. The standard InChI is InChI=1S/C20H21N3O2/c24-19(13-5-6-13)22-16-7-9-17(10-8-16)23-20(25)18-11-14-3-1-2-4-15(14)12-21-18/h1-4,7-10,13,18,21H,5-6,11-12H2,(H,22,24)(H,23,25). The third-order valence-corrected chi connectivity index (χ3v) is 4.77. The van der Waals surface area contributed by atoms with Crippen LogP contribution in [0.5, 0.6) is 0 Å². The summed E-state index contributed by atoms with van der Waals surface area (Å²) in [5.41, 5.74) is 3.97. The van der Waals surface area contributed by atoms with Crippen molar-refractivity contribution in [3.05, 3.63) is 59.7 Å². The monoisotopic (exact) mass is 335 g/mol. The largest absolute Gasteiger partial charge is 0.326 e. The van der Waals surface area contributed by atoms with Gasteiger partial charge in [-0.3, -0.25) is 9.59 Å². The number of amides is 2. The van der Waals surface area contributed by atoms with Crippen molar-refractivity contribution >= 4 is 23.2 Å². The van der Waals surface area contributed by atoms with Crippen LogP contribution in [0.15, 0.2) is 48.5 Å². The van der Waals surface area contributed by atoms with E-state index >= 15 is 0 Å². The summed E-state index contributed by atoms with van der Waals surface area (Å²) in [6.45, 7) is 0.709. The van der Waals surface area contributed by atoms with Gasteiger partial charge in [-0.2, -0.15) is 0 Å². The molecule has 3 N–H and O–H groups in total. The number of hydrogen-bond donors (Lipinski definition) is 3. The molecule has 1 saturated carbocycles. The molecule has 2 amide bonds. The number of rotatable bonds is 4. The topological polar surface area (TPSA) is 70.2 Å². The van der Waals surface area contributed by atoms with E-state index in [2.05, 4.69) is 28.1 Å². The maximum absolute atomic E-state index is 12.5. The molecule has 2 aliphatic rings. The van der Waals surface area contributed by atoms with Crippen molar-refractivity contribution in [1.29, 1.82) is 0 Å². The van der Waals surface area contributed by atoms with Crippen molar-refractivity contribution in [2.45, 2.75) is 31.8 Å². The van der Waals surface area contributed by atoms with E-state index < -0.39 is 0 Å². The van der Waals surface area contributed by atoms with Crippen LogP contribution >= 0.6 is 0 Å². The Hall–Kier alpha value is -2.66. The molecule has 0 radical (unpaired) electrons. The minimum atomic E-state index is -0.232. The summed E-state index contributed by atoms with van der Waals surface area (Å²) >= 11 is 0. The number of nitrogens with one attached hydrogen (secondary N) is 3. The van der Waals surface area contributed by atoms with Gasteiger partial charge in [-0.05, 0) is 54.7 Å². The summed E-state index contributed by atoms with van der Waals surface area (Å²) in [5.74, 6) is 0.228. The Morgan fingerprint density at radius 2 is 1.44 bits per heavy atom. The van der Waals surface area contributed by atoms with Gasteiger partial charge in [0, 0.05) is 23.8 Å². The molecule has 0 spiro atoms. The highest BCUT2D eigenvalue weighted by molar-refractivity contribution is 5.96. The third kappa shape index (κ3) is 3.72. The zero-order valence-corrected chi connectivity index (χ0v) is 13.9. The van der Waals surface area contributed by atoms with Gasteiger partial charge in [0.15, 0.2) is 0 Å². The summed E-state index contributed by atoms with van der Waals surface area (Å²) in [7, 11) is 0. The molecule has 1 fully saturated rings. The maximum atomic E-state index is 12.5. The van der Waals surface area contributed by atoms with Gasteiger partial charge in [-0.15, -0.1) is 0 Å².